The number of rotatable bonds is 5. The van der Waals surface area contributed by atoms with Gasteiger partial charge in [-0.15, -0.1) is 0 Å². The first-order chi connectivity index (χ1) is 8.65. The van der Waals surface area contributed by atoms with Crippen LogP contribution in [0.2, 0.25) is 0 Å². The number of ether oxygens (including phenoxy) is 1. The first kappa shape index (κ1) is 14.3. The maximum absolute atomic E-state index is 9.81. The summed E-state index contributed by atoms with van der Waals surface area (Å²) in [5, 5.41) is 13.4. The predicted molar refractivity (Wildman–Crippen MR) is 73.6 cm³/mol. The predicted octanol–water partition coefficient (Wildman–Crippen LogP) is 2.33. The van der Waals surface area contributed by atoms with Crippen molar-refractivity contribution in [3.63, 3.8) is 0 Å². The van der Waals surface area contributed by atoms with Gasteiger partial charge in [-0.2, -0.15) is 0 Å². The van der Waals surface area contributed by atoms with Gasteiger partial charge in [0.2, 0.25) is 0 Å². The average molecular weight is 255 g/mol. The Morgan fingerprint density at radius 1 is 1.33 bits per heavy atom. The molecule has 3 unspecified atom stereocenters. The highest BCUT2D eigenvalue weighted by molar-refractivity contribution is 4.94. The second-order valence-electron chi connectivity index (χ2n) is 6.55. The van der Waals surface area contributed by atoms with Crippen molar-refractivity contribution in [1.82, 2.24) is 5.32 Å². The van der Waals surface area contributed by atoms with Crippen molar-refractivity contribution in [2.24, 2.45) is 11.8 Å². The topological polar surface area (TPSA) is 41.5 Å². The Bertz CT molecular complexity index is 251. The molecule has 3 heteroatoms. The highest BCUT2D eigenvalue weighted by Crippen LogP contribution is 2.36. The fourth-order valence-electron chi connectivity index (χ4n) is 3.47. The normalized spacial score (nSPS) is 37.3. The van der Waals surface area contributed by atoms with Gasteiger partial charge in [-0.25, -0.2) is 0 Å². The molecular weight excluding hydrogens is 226 g/mol. The lowest BCUT2D eigenvalue weighted by Gasteiger charge is -2.42. The third kappa shape index (κ3) is 3.46. The van der Waals surface area contributed by atoms with Crippen LogP contribution in [0.1, 0.15) is 52.4 Å². The van der Waals surface area contributed by atoms with Gasteiger partial charge in [0, 0.05) is 18.7 Å². The van der Waals surface area contributed by atoms with Crippen LogP contribution in [0, 0.1) is 11.8 Å². The van der Waals surface area contributed by atoms with E-state index in [1.165, 1.54) is 25.7 Å². The quantitative estimate of drug-likeness (QED) is 0.792. The average Bonchev–Trinajstić information content (AvgIpc) is 2.90. The number of aliphatic hydroxyl groups is 1. The van der Waals surface area contributed by atoms with Crippen LogP contribution in [0.4, 0.5) is 0 Å². The van der Waals surface area contributed by atoms with E-state index in [4.69, 9.17) is 4.74 Å². The lowest BCUT2D eigenvalue weighted by atomic mass is 9.72. The molecule has 1 aliphatic carbocycles. The van der Waals surface area contributed by atoms with Gasteiger partial charge in [-0.3, -0.25) is 0 Å². The molecule has 1 saturated heterocycles. The van der Waals surface area contributed by atoms with Crippen LogP contribution in [-0.4, -0.2) is 36.5 Å². The molecule has 0 aromatic carbocycles. The van der Waals surface area contributed by atoms with Gasteiger partial charge in [0.25, 0.3) is 0 Å². The van der Waals surface area contributed by atoms with Crippen molar-refractivity contribution in [2.75, 3.05) is 19.8 Å². The van der Waals surface area contributed by atoms with Gasteiger partial charge in [0.15, 0.2) is 0 Å². The van der Waals surface area contributed by atoms with Crippen LogP contribution in [0.3, 0.4) is 0 Å². The van der Waals surface area contributed by atoms with E-state index in [0.29, 0.717) is 6.10 Å². The van der Waals surface area contributed by atoms with Gasteiger partial charge in [0.1, 0.15) is 0 Å². The number of hydrogen-bond donors (Lipinski definition) is 2. The zero-order chi connectivity index (χ0) is 13.0. The minimum absolute atomic E-state index is 0.0425. The largest absolute Gasteiger partial charge is 0.394 e. The Balaban J connectivity index is 1.87. The zero-order valence-electron chi connectivity index (χ0n) is 12.0. The monoisotopic (exact) mass is 255 g/mol. The van der Waals surface area contributed by atoms with Gasteiger partial charge in [-0.05, 0) is 37.5 Å². The summed E-state index contributed by atoms with van der Waals surface area (Å²) >= 11 is 0. The zero-order valence-corrected chi connectivity index (χ0v) is 12.0. The molecule has 2 rings (SSSR count). The molecule has 2 fully saturated rings. The summed E-state index contributed by atoms with van der Waals surface area (Å²) in [6.07, 6.45) is 7.51. The first-order valence-electron chi connectivity index (χ1n) is 7.63. The standard InChI is InChI=1S/C15H29NO2/c1-12(2)13-5-3-7-15(9-13,11-17)16-10-14-6-4-8-18-14/h12-14,16-17H,3-11H2,1-2H3. The van der Waals surface area contributed by atoms with E-state index in [2.05, 4.69) is 19.2 Å². The Morgan fingerprint density at radius 2 is 2.17 bits per heavy atom. The van der Waals surface area contributed by atoms with Crippen LogP contribution >= 0.6 is 0 Å². The second-order valence-corrected chi connectivity index (χ2v) is 6.55. The number of aliphatic hydroxyl groups excluding tert-OH is 1. The van der Waals surface area contributed by atoms with Crippen LogP contribution in [0.15, 0.2) is 0 Å². The smallest absolute Gasteiger partial charge is 0.0700 e. The minimum Gasteiger partial charge on any atom is -0.394 e. The molecule has 18 heavy (non-hydrogen) atoms. The third-order valence-electron chi connectivity index (χ3n) is 4.86. The third-order valence-corrected chi connectivity index (χ3v) is 4.86. The van der Waals surface area contributed by atoms with E-state index in [9.17, 15) is 5.11 Å². The van der Waals surface area contributed by atoms with E-state index < -0.39 is 0 Å². The molecule has 1 aliphatic heterocycles. The molecule has 0 radical (unpaired) electrons. The summed E-state index contributed by atoms with van der Waals surface area (Å²) in [6.45, 7) is 6.69. The molecule has 3 nitrogen and oxygen atoms in total. The van der Waals surface area contributed by atoms with Gasteiger partial charge >= 0.3 is 0 Å². The molecule has 0 aromatic heterocycles. The summed E-state index contributed by atoms with van der Waals surface area (Å²) in [7, 11) is 0. The van der Waals surface area contributed by atoms with Gasteiger partial charge in [-0.1, -0.05) is 26.7 Å². The second kappa shape index (κ2) is 6.36. The Labute approximate surface area is 111 Å². The lowest BCUT2D eigenvalue weighted by Crippen LogP contribution is -2.54. The van der Waals surface area contributed by atoms with E-state index >= 15 is 0 Å². The molecule has 0 aromatic rings. The first-order valence-corrected chi connectivity index (χ1v) is 7.63. The molecule has 0 bridgehead atoms. The fourth-order valence-corrected chi connectivity index (χ4v) is 3.47. The number of nitrogens with one attached hydrogen (secondary N) is 1. The van der Waals surface area contributed by atoms with Crippen LogP contribution < -0.4 is 5.32 Å². The SMILES string of the molecule is CC(C)C1CCCC(CO)(NCC2CCCO2)C1. The van der Waals surface area contributed by atoms with Gasteiger partial charge in [0.05, 0.1) is 12.7 Å². The molecular formula is C15H29NO2. The fraction of sp³-hybridized carbons (Fsp3) is 1.00. The summed E-state index contributed by atoms with van der Waals surface area (Å²) in [4.78, 5) is 0. The van der Waals surface area contributed by atoms with E-state index in [1.807, 2.05) is 0 Å². The van der Waals surface area contributed by atoms with Crippen LogP contribution in [0.5, 0.6) is 0 Å². The maximum Gasteiger partial charge on any atom is 0.0700 e. The highest BCUT2D eigenvalue weighted by atomic mass is 16.5. The summed E-state index contributed by atoms with van der Waals surface area (Å²) in [5.74, 6) is 1.48. The van der Waals surface area contributed by atoms with E-state index in [-0.39, 0.29) is 12.1 Å². The number of hydrogen-bond acceptors (Lipinski definition) is 3. The van der Waals surface area contributed by atoms with E-state index in [0.717, 1.165) is 37.8 Å². The van der Waals surface area contributed by atoms with Crippen LogP contribution in [-0.2, 0) is 4.74 Å². The van der Waals surface area contributed by atoms with Crippen molar-refractivity contribution >= 4 is 0 Å². The molecule has 0 amide bonds. The molecule has 2 N–H and O–H groups in total. The maximum atomic E-state index is 9.81. The minimum atomic E-state index is -0.0425. The van der Waals surface area contributed by atoms with Crippen molar-refractivity contribution in [1.29, 1.82) is 0 Å². The Kier molecular flexibility index (Phi) is 5.05. The molecule has 0 spiro atoms. The van der Waals surface area contributed by atoms with Crippen molar-refractivity contribution in [2.45, 2.75) is 64.0 Å². The molecule has 106 valence electrons. The lowest BCUT2D eigenvalue weighted by molar-refractivity contribution is 0.0550. The molecule has 1 saturated carbocycles. The highest BCUT2D eigenvalue weighted by Gasteiger charge is 2.37. The Hall–Kier alpha value is -0.120. The van der Waals surface area contributed by atoms with Crippen LogP contribution in [0.25, 0.3) is 0 Å². The van der Waals surface area contributed by atoms with Crippen molar-refractivity contribution < 1.29 is 9.84 Å². The Morgan fingerprint density at radius 3 is 2.78 bits per heavy atom. The summed E-state index contributed by atoms with van der Waals surface area (Å²) in [5.41, 5.74) is -0.0425. The van der Waals surface area contributed by atoms with Gasteiger partial charge < -0.3 is 15.2 Å². The van der Waals surface area contributed by atoms with Crippen molar-refractivity contribution in [3.8, 4) is 0 Å². The summed E-state index contributed by atoms with van der Waals surface area (Å²) in [6, 6.07) is 0. The van der Waals surface area contributed by atoms with E-state index in [1.54, 1.807) is 0 Å². The molecule has 3 atom stereocenters. The molecule has 1 heterocycles. The molecule has 2 aliphatic rings. The summed E-state index contributed by atoms with van der Waals surface area (Å²) < 4.78 is 5.66. The van der Waals surface area contributed by atoms with Crippen molar-refractivity contribution in [3.05, 3.63) is 0 Å².